The van der Waals surface area contributed by atoms with Crippen molar-refractivity contribution in [1.82, 2.24) is 9.88 Å². The molecule has 1 saturated heterocycles. The molecule has 2 aliphatic rings. The van der Waals surface area contributed by atoms with Crippen molar-refractivity contribution in [2.45, 2.75) is 6.92 Å². The number of hydrogen-bond donors (Lipinski definition) is 0. The van der Waals surface area contributed by atoms with E-state index in [4.69, 9.17) is 9.47 Å². The molecule has 4 rings (SSSR count). The lowest BCUT2D eigenvalue weighted by Crippen LogP contribution is -2.31. The summed E-state index contributed by atoms with van der Waals surface area (Å²) in [4.78, 5) is 21.7. The number of likely N-dealkylation sites (tertiary alicyclic amines) is 1. The van der Waals surface area contributed by atoms with Gasteiger partial charge < -0.3 is 19.3 Å². The average Bonchev–Trinajstić information content (AvgIpc) is 3.26. The first-order valence-electron chi connectivity index (χ1n) is 9.01. The molecule has 0 N–H and O–H groups in total. The van der Waals surface area contributed by atoms with Gasteiger partial charge in [-0.25, -0.2) is 4.98 Å². The average molecular weight is 365 g/mol. The fourth-order valence-electron chi connectivity index (χ4n) is 3.76. The summed E-state index contributed by atoms with van der Waals surface area (Å²) >= 11 is 0. The summed E-state index contributed by atoms with van der Waals surface area (Å²) < 4.78 is 10.6. The van der Waals surface area contributed by atoms with Gasteiger partial charge >= 0.3 is 0 Å². The summed E-state index contributed by atoms with van der Waals surface area (Å²) in [6.45, 7) is 4.20. The standard InChI is InChI=1S/C21H23N3O3/c1-14-5-4-6-20(22-14)23-10-15-12-24(13-16(15)11-23)21(25)18-8-7-17(26-2)9-19(18)27-3/h4-10,16H,11-13H2,1-3H3. The Hall–Kier alpha value is -3.02. The maximum absolute atomic E-state index is 13.0. The minimum atomic E-state index is -0.00923. The van der Waals surface area contributed by atoms with Crippen molar-refractivity contribution in [3.63, 3.8) is 0 Å². The summed E-state index contributed by atoms with van der Waals surface area (Å²) in [5.41, 5.74) is 2.85. The molecule has 1 amide bonds. The van der Waals surface area contributed by atoms with E-state index < -0.39 is 0 Å². The lowest BCUT2D eigenvalue weighted by atomic mass is 10.1. The number of carbonyl (C=O) groups is 1. The zero-order valence-electron chi connectivity index (χ0n) is 15.8. The molecule has 0 radical (unpaired) electrons. The van der Waals surface area contributed by atoms with E-state index in [1.807, 2.05) is 30.0 Å². The number of aryl methyl sites for hydroxylation is 1. The van der Waals surface area contributed by atoms with Crippen molar-refractivity contribution >= 4 is 11.7 Å². The van der Waals surface area contributed by atoms with Crippen molar-refractivity contribution < 1.29 is 14.3 Å². The lowest BCUT2D eigenvalue weighted by molar-refractivity contribution is 0.0785. The van der Waals surface area contributed by atoms with Crippen LogP contribution in [0.1, 0.15) is 16.1 Å². The molecule has 1 aromatic carbocycles. The third kappa shape index (κ3) is 3.23. The fourth-order valence-corrected chi connectivity index (χ4v) is 3.76. The topological polar surface area (TPSA) is 54.9 Å². The van der Waals surface area contributed by atoms with Gasteiger partial charge in [-0.3, -0.25) is 4.79 Å². The van der Waals surface area contributed by atoms with Gasteiger partial charge in [0.2, 0.25) is 0 Å². The Balaban J connectivity index is 1.51. The van der Waals surface area contributed by atoms with Crippen LogP contribution in [-0.2, 0) is 0 Å². The highest BCUT2D eigenvalue weighted by Crippen LogP contribution is 2.34. The molecule has 0 bridgehead atoms. The van der Waals surface area contributed by atoms with Gasteiger partial charge in [0, 0.05) is 43.5 Å². The molecular weight excluding hydrogens is 342 g/mol. The zero-order valence-corrected chi connectivity index (χ0v) is 15.8. The molecule has 1 unspecified atom stereocenters. The van der Waals surface area contributed by atoms with Gasteiger partial charge in [0.05, 0.1) is 19.8 Å². The van der Waals surface area contributed by atoms with Crippen LogP contribution in [0.15, 0.2) is 48.2 Å². The Morgan fingerprint density at radius 3 is 2.70 bits per heavy atom. The lowest BCUT2D eigenvalue weighted by Gasteiger charge is -2.21. The molecule has 0 spiro atoms. The Morgan fingerprint density at radius 2 is 2.00 bits per heavy atom. The number of ether oxygens (including phenoxy) is 2. The van der Waals surface area contributed by atoms with E-state index in [0.717, 1.165) is 18.1 Å². The second kappa shape index (κ2) is 6.95. The van der Waals surface area contributed by atoms with E-state index in [-0.39, 0.29) is 5.91 Å². The van der Waals surface area contributed by atoms with Crippen molar-refractivity contribution in [3.8, 4) is 11.5 Å². The maximum Gasteiger partial charge on any atom is 0.257 e. The van der Waals surface area contributed by atoms with E-state index in [1.165, 1.54) is 5.57 Å². The van der Waals surface area contributed by atoms with Gasteiger partial charge in [-0.05, 0) is 36.8 Å². The summed E-state index contributed by atoms with van der Waals surface area (Å²) in [5.74, 6) is 2.51. The molecule has 0 aliphatic carbocycles. The van der Waals surface area contributed by atoms with Gasteiger partial charge in [-0.1, -0.05) is 6.07 Å². The monoisotopic (exact) mass is 365 g/mol. The number of amides is 1. The van der Waals surface area contributed by atoms with Crippen LogP contribution < -0.4 is 14.4 Å². The molecule has 2 aliphatic heterocycles. The second-order valence-corrected chi connectivity index (χ2v) is 6.94. The minimum Gasteiger partial charge on any atom is -0.497 e. The Bertz CT molecular complexity index is 909. The molecular formula is C21H23N3O3. The fraction of sp³-hybridized carbons (Fsp3) is 0.333. The predicted octanol–water partition coefficient (Wildman–Crippen LogP) is 2.88. The predicted molar refractivity (Wildman–Crippen MR) is 103 cm³/mol. The molecule has 2 aromatic rings. The number of rotatable bonds is 4. The number of pyridine rings is 1. The number of benzene rings is 1. The van der Waals surface area contributed by atoms with Gasteiger partial charge in [0.25, 0.3) is 5.91 Å². The SMILES string of the molecule is COc1ccc(C(=O)N2CC3=CN(c4cccc(C)n4)CC3C2)c(OC)c1. The molecule has 1 atom stereocenters. The number of fused-ring (bicyclic) bond motifs is 1. The summed E-state index contributed by atoms with van der Waals surface area (Å²) in [6.07, 6.45) is 2.14. The smallest absolute Gasteiger partial charge is 0.257 e. The van der Waals surface area contributed by atoms with Crippen LogP contribution in [0.4, 0.5) is 5.82 Å². The number of aromatic nitrogens is 1. The third-order valence-electron chi connectivity index (χ3n) is 5.17. The zero-order chi connectivity index (χ0) is 19.0. The highest BCUT2D eigenvalue weighted by atomic mass is 16.5. The van der Waals surface area contributed by atoms with Crippen LogP contribution in [0.2, 0.25) is 0 Å². The molecule has 6 nitrogen and oxygen atoms in total. The molecule has 3 heterocycles. The largest absolute Gasteiger partial charge is 0.497 e. The van der Waals surface area contributed by atoms with Gasteiger partial charge in [0.15, 0.2) is 0 Å². The maximum atomic E-state index is 13.0. The van der Waals surface area contributed by atoms with E-state index in [9.17, 15) is 4.79 Å². The quantitative estimate of drug-likeness (QED) is 0.834. The minimum absolute atomic E-state index is 0.00923. The van der Waals surface area contributed by atoms with Crippen LogP contribution in [-0.4, -0.2) is 49.6 Å². The normalized spacial score (nSPS) is 18.3. The van der Waals surface area contributed by atoms with Crippen LogP contribution in [0.3, 0.4) is 0 Å². The number of nitrogens with zero attached hydrogens (tertiary/aromatic N) is 3. The van der Waals surface area contributed by atoms with Crippen molar-refractivity contribution in [2.75, 3.05) is 38.8 Å². The molecule has 1 fully saturated rings. The van der Waals surface area contributed by atoms with E-state index in [2.05, 4.69) is 16.1 Å². The number of anilines is 1. The van der Waals surface area contributed by atoms with E-state index >= 15 is 0 Å². The van der Waals surface area contributed by atoms with Crippen LogP contribution in [0.25, 0.3) is 0 Å². The van der Waals surface area contributed by atoms with E-state index in [1.54, 1.807) is 32.4 Å². The molecule has 0 saturated carbocycles. The van der Waals surface area contributed by atoms with Crippen LogP contribution in [0.5, 0.6) is 11.5 Å². The number of hydrogen-bond acceptors (Lipinski definition) is 5. The number of carbonyl (C=O) groups excluding carboxylic acids is 1. The van der Waals surface area contributed by atoms with Gasteiger partial charge in [-0.15, -0.1) is 0 Å². The Kier molecular flexibility index (Phi) is 4.48. The first-order chi connectivity index (χ1) is 13.1. The van der Waals surface area contributed by atoms with Crippen LogP contribution >= 0.6 is 0 Å². The van der Waals surface area contributed by atoms with Crippen molar-refractivity contribution in [1.29, 1.82) is 0 Å². The second-order valence-electron chi connectivity index (χ2n) is 6.94. The first kappa shape index (κ1) is 17.4. The summed E-state index contributed by atoms with van der Waals surface area (Å²) in [5, 5.41) is 0. The Morgan fingerprint density at radius 1 is 1.15 bits per heavy atom. The van der Waals surface area contributed by atoms with Gasteiger partial charge in [0.1, 0.15) is 17.3 Å². The molecule has 6 heteroatoms. The highest BCUT2D eigenvalue weighted by Gasteiger charge is 2.37. The molecule has 27 heavy (non-hydrogen) atoms. The van der Waals surface area contributed by atoms with Crippen molar-refractivity contribution in [2.24, 2.45) is 5.92 Å². The van der Waals surface area contributed by atoms with Crippen molar-refractivity contribution in [3.05, 3.63) is 59.4 Å². The van der Waals surface area contributed by atoms with Crippen LogP contribution in [0, 0.1) is 12.8 Å². The highest BCUT2D eigenvalue weighted by molar-refractivity contribution is 5.97. The third-order valence-corrected chi connectivity index (χ3v) is 5.17. The number of methoxy groups -OCH3 is 2. The summed E-state index contributed by atoms with van der Waals surface area (Å²) in [7, 11) is 3.17. The van der Waals surface area contributed by atoms with Gasteiger partial charge in [-0.2, -0.15) is 0 Å². The first-order valence-corrected chi connectivity index (χ1v) is 9.01. The van der Waals surface area contributed by atoms with E-state index in [0.29, 0.717) is 36.1 Å². The summed E-state index contributed by atoms with van der Waals surface area (Å²) in [6, 6.07) is 11.3. The Labute approximate surface area is 159 Å². The molecule has 1 aromatic heterocycles. The molecule has 140 valence electrons.